The normalized spacial score (nSPS) is 12.3. The molecule has 1 rings (SSSR count). The Bertz CT molecular complexity index is 617. The first-order valence-corrected chi connectivity index (χ1v) is 7.05. The number of hydrogen-bond acceptors (Lipinski definition) is 4. The van der Waals surface area contributed by atoms with Crippen molar-refractivity contribution in [1.82, 2.24) is 0 Å². The third-order valence-corrected chi connectivity index (χ3v) is 2.97. The van der Waals surface area contributed by atoms with E-state index in [1.807, 2.05) is 0 Å². The van der Waals surface area contributed by atoms with Gasteiger partial charge in [-0.25, -0.2) is 4.79 Å². The van der Waals surface area contributed by atoms with E-state index in [4.69, 9.17) is 14.9 Å². The lowest BCUT2D eigenvalue weighted by atomic mass is 9.94. The van der Waals surface area contributed by atoms with Gasteiger partial charge >= 0.3 is 18.0 Å². The zero-order chi connectivity index (χ0) is 17.8. The van der Waals surface area contributed by atoms with E-state index in [1.54, 1.807) is 33.8 Å². The molecule has 1 aromatic carbocycles. The first-order valence-electron chi connectivity index (χ1n) is 7.05. The molecule has 0 saturated heterocycles. The van der Waals surface area contributed by atoms with E-state index in [2.05, 4.69) is 5.32 Å². The minimum absolute atomic E-state index is 0.368. The third kappa shape index (κ3) is 5.98. The van der Waals surface area contributed by atoms with Crippen LogP contribution >= 0.6 is 0 Å². The molecule has 7 nitrogen and oxygen atoms in total. The molecule has 1 atom stereocenters. The van der Waals surface area contributed by atoms with Crippen LogP contribution < -0.4 is 5.32 Å². The van der Waals surface area contributed by atoms with Crippen molar-refractivity contribution < 1.29 is 29.3 Å². The summed E-state index contributed by atoms with van der Waals surface area (Å²) >= 11 is 0. The van der Waals surface area contributed by atoms with Crippen LogP contribution in [-0.2, 0) is 14.3 Å². The zero-order valence-electron chi connectivity index (χ0n) is 13.5. The second-order valence-electron chi connectivity index (χ2n) is 6.19. The first-order chi connectivity index (χ1) is 10.5. The smallest absolute Gasteiger partial charge is 0.412 e. The van der Waals surface area contributed by atoms with Gasteiger partial charge < -0.3 is 14.9 Å². The molecule has 0 bridgehead atoms. The van der Waals surface area contributed by atoms with Crippen LogP contribution in [0.15, 0.2) is 18.2 Å². The fraction of sp³-hybridized carbons (Fsp3) is 0.438. The van der Waals surface area contributed by atoms with Gasteiger partial charge in [-0.1, -0.05) is 12.1 Å². The molecule has 0 spiro atoms. The Hall–Kier alpha value is -2.57. The number of rotatable bonds is 5. The van der Waals surface area contributed by atoms with Crippen LogP contribution in [-0.4, -0.2) is 33.8 Å². The van der Waals surface area contributed by atoms with Crippen molar-refractivity contribution in [2.75, 3.05) is 5.32 Å². The number of carboxylic acids is 2. The third-order valence-electron chi connectivity index (χ3n) is 2.97. The lowest BCUT2D eigenvalue weighted by Gasteiger charge is -2.20. The minimum Gasteiger partial charge on any atom is -0.481 e. The molecule has 126 valence electrons. The number of carbonyl (C=O) groups excluding carboxylic acids is 1. The summed E-state index contributed by atoms with van der Waals surface area (Å²) in [6, 6.07) is 4.57. The van der Waals surface area contributed by atoms with Gasteiger partial charge in [0.15, 0.2) is 0 Å². The standard InChI is InChI=1S/C16H21NO6/c1-9-7-10(11(14(20)21)8-13(18)19)5-6-12(9)17-15(22)23-16(2,3)4/h5-7,11H,8H2,1-4H3,(H,17,22)(H,18,19)(H,20,21). The molecule has 3 N–H and O–H groups in total. The summed E-state index contributed by atoms with van der Waals surface area (Å²) < 4.78 is 5.14. The van der Waals surface area contributed by atoms with E-state index in [0.29, 0.717) is 16.8 Å². The number of aliphatic carboxylic acids is 2. The largest absolute Gasteiger partial charge is 0.481 e. The van der Waals surface area contributed by atoms with Gasteiger partial charge in [0.1, 0.15) is 5.60 Å². The Balaban J connectivity index is 2.95. The maximum absolute atomic E-state index is 11.7. The van der Waals surface area contributed by atoms with Gasteiger partial charge in [-0.2, -0.15) is 0 Å². The zero-order valence-corrected chi connectivity index (χ0v) is 13.5. The Kier molecular flexibility index (Phi) is 5.73. The molecule has 0 fully saturated rings. The number of amides is 1. The molecule has 1 amide bonds. The van der Waals surface area contributed by atoms with Crippen LogP contribution in [0.5, 0.6) is 0 Å². The molecule has 0 aromatic heterocycles. The second kappa shape index (κ2) is 7.13. The number of anilines is 1. The van der Waals surface area contributed by atoms with Crippen LogP contribution in [0.25, 0.3) is 0 Å². The fourth-order valence-electron chi connectivity index (χ4n) is 1.98. The Morgan fingerprint density at radius 3 is 2.26 bits per heavy atom. The highest BCUT2D eigenvalue weighted by molar-refractivity contribution is 5.87. The Labute approximate surface area is 134 Å². The lowest BCUT2D eigenvalue weighted by Crippen LogP contribution is -2.27. The van der Waals surface area contributed by atoms with Gasteiger partial charge in [0.2, 0.25) is 0 Å². The molecule has 0 aliphatic rings. The predicted molar refractivity (Wildman–Crippen MR) is 83.7 cm³/mol. The van der Waals surface area contributed by atoms with Crippen LogP contribution in [0, 0.1) is 6.92 Å². The quantitative estimate of drug-likeness (QED) is 0.767. The summed E-state index contributed by atoms with van der Waals surface area (Å²) in [5.74, 6) is -3.53. The molecule has 7 heteroatoms. The molecule has 0 radical (unpaired) electrons. The number of ether oxygens (including phenoxy) is 1. The highest BCUT2D eigenvalue weighted by Crippen LogP contribution is 2.25. The molecule has 0 aliphatic heterocycles. The maximum atomic E-state index is 11.7. The molecular formula is C16H21NO6. The summed E-state index contributed by atoms with van der Waals surface area (Å²) in [4.78, 5) is 33.7. The Morgan fingerprint density at radius 1 is 1.22 bits per heavy atom. The monoisotopic (exact) mass is 323 g/mol. The number of carbonyl (C=O) groups is 3. The highest BCUT2D eigenvalue weighted by Gasteiger charge is 2.24. The summed E-state index contributed by atoms with van der Waals surface area (Å²) in [6.07, 6.45) is -1.12. The van der Waals surface area contributed by atoms with E-state index >= 15 is 0 Å². The van der Waals surface area contributed by atoms with Crippen molar-refractivity contribution in [3.8, 4) is 0 Å². The average molecular weight is 323 g/mol. The van der Waals surface area contributed by atoms with Gasteiger partial charge in [-0.15, -0.1) is 0 Å². The number of nitrogens with one attached hydrogen (secondary N) is 1. The van der Waals surface area contributed by atoms with Gasteiger partial charge in [0.05, 0.1) is 12.3 Å². The summed E-state index contributed by atoms with van der Waals surface area (Å²) in [7, 11) is 0. The van der Waals surface area contributed by atoms with E-state index in [0.717, 1.165) is 0 Å². The first kappa shape index (κ1) is 18.5. The topological polar surface area (TPSA) is 113 Å². The van der Waals surface area contributed by atoms with Crippen molar-refractivity contribution >= 4 is 23.7 Å². The van der Waals surface area contributed by atoms with Gasteiger partial charge in [0.25, 0.3) is 0 Å². The average Bonchev–Trinajstić information content (AvgIpc) is 2.35. The molecular weight excluding hydrogens is 302 g/mol. The summed E-state index contributed by atoms with van der Waals surface area (Å²) in [5.41, 5.74) is 0.827. The molecule has 0 aliphatic carbocycles. The number of aryl methyl sites for hydroxylation is 1. The minimum atomic E-state index is -1.21. The molecule has 1 aromatic rings. The van der Waals surface area contributed by atoms with Crippen molar-refractivity contribution in [2.24, 2.45) is 0 Å². The number of benzene rings is 1. The number of hydrogen-bond donors (Lipinski definition) is 3. The second-order valence-corrected chi connectivity index (χ2v) is 6.19. The SMILES string of the molecule is Cc1cc(C(CC(=O)O)C(=O)O)ccc1NC(=O)OC(C)(C)C. The van der Waals surface area contributed by atoms with Gasteiger partial charge in [-0.3, -0.25) is 14.9 Å². The van der Waals surface area contributed by atoms with Crippen molar-refractivity contribution in [3.05, 3.63) is 29.3 Å². The predicted octanol–water partition coefficient (Wildman–Crippen LogP) is 2.98. The van der Waals surface area contributed by atoms with Crippen LogP contribution in [0.1, 0.15) is 44.2 Å². The van der Waals surface area contributed by atoms with Gasteiger partial charge in [0, 0.05) is 5.69 Å². The molecule has 23 heavy (non-hydrogen) atoms. The summed E-state index contributed by atoms with van der Waals surface area (Å²) in [5, 5.41) is 20.5. The molecule has 0 saturated carbocycles. The van der Waals surface area contributed by atoms with E-state index in [-0.39, 0.29) is 0 Å². The Morgan fingerprint density at radius 2 is 1.83 bits per heavy atom. The van der Waals surface area contributed by atoms with Crippen LogP contribution in [0.4, 0.5) is 10.5 Å². The van der Waals surface area contributed by atoms with E-state index in [1.165, 1.54) is 12.1 Å². The fourth-order valence-corrected chi connectivity index (χ4v) is 1.98. The number of carboxylic acid groups (broad SMARTS) is 2. The lowest BCUT2D eigenvalue weighted by molar-refractivity contribution is -0.145. The maximum Gasteiger partial charge on any atom is 0.412 e. The summed E-state index contributed by atoms with van der Waals surface area (Å²) in [6.45, 7) is 6.92. The van der Waals surface area contributed by atoms with Crippen molar-refractivity contribution in [3.63, 3.8) is 0 Å². The van der Waals surface area contributed by atoms with Crippen molar-refractivity contribution in [2.45, 2.75) is 45.6 Å². The van der Waals surface area contributed by atoms with Crippen LogP contribution in [0.2, 0.25) is 0 Å². The van der Waals surface area contributed by atoms with Crippen LogP contribution in [0.3, 0.4) is 0 Å². The van der Waals surface area contributed by atoms with E-state index in [9.17, 15) is 14.4 Å². The van der Waals surface area contributed by atoms with Crippen molar-refractivity contribution in [1.29, 1.82) is 0 Å². The highest BCUT2D eigenvalue weighted by atomic mass is 16.6. The van der Waals surface area contributed by atoms with E-state index < -0.39 is 36.0 Å². The van der Waals surface area contributed by atoms with Gasteiger partial charge in [-0.05, 0) is 44.9 Å². The molecule has 0 heterocycles. The molecule has 1 unspecified atom stereocenters.